The average Bonchev–Trinajstić information content (AvgIpc) is 3.32. The molecule has 4 aromatic rings. The Morgan fingerprint density at radius 3 is 2.82 bits per heavy atom. The van der Waals surface area contributed by atoms with E-state index in [4.69, 9.17) is 16.0 Å². The second-order valence-electron chi connectivity index (χ2n) is 6.61. The van der Waals surface area contributed by atoms with E-state index in [9.17, 15) is 9.90 Å². The van der Waals surface area contributed by atoms with Crippen molar-refractivity contribution in [1.29, 1.82) is 0 Å². The zero-order valence-corrected chi connectivity index (χ0v) is 15.7. The molecule has 1 atom stereocenters. The van der Waals surface area contributed by atoms with E-state index in [1.807, 2.05) is 60.8 Å². The van der Waals surface area contributed by atoms with E-state index in [1.54, 1.807) is 6.07 Å². The fourth-order valence-electron chi connectivity index (χ4n) is 3.26. The highest BCUT2D eigenvalue weighted by atomic mass is 35.5. The van der Waals surface area contributed by atoms with Gasteiger partial charge in [0.25, 0.3) is 0 Å². The van der Waals surface area contributed by atoms with E-state index in [0.717, 1.165) is 22.0 Å². The summed E-state index contributed by atoms with van der Waals surface area (Å²) < 4.78 is 5.84. The molecule has 0 fully saturated rings. The third-order valence-corrected chi connectivity index (χ3v) is 4.93. The molecule has 0 aliphatic rings. The number of para-hydroxylation sites is 1. The second kappa shape index (κ2) is 7.92. The van der Waals surface area contributed by atoms with Crippen molar-refractivity contribution in [2.75, 3.05) is 0 Å². The molecule has 1 unspecified atom stereocenters. The Balaban J connectivity index is 1.45. The van der Waals surface area contributed by atoms with E-state index in [0.29, 0.717) is 29.5 Å². The Labute approximate surface area is 166 Å². The second-order valence-corrected chi connectivity index (χ2v) is 7.05. The number of benzene rings is 2. The smallest absolute Gasteiger partial charge is 0.321 e. The first-order valence-electron chi connectivity index (χ1n) is 8.96. The van der Waals surface area contributed by atoms with Gasteiger partial charge in [0.05, 0.1) is 6.54 Å². The Kier molecular flexibility index (Phi) is 5.19. The monoisotopic (exact) mass is 394 g/mol. The summed E-state index contributed by atoms with van der Waals surface area (Å²) in [5.74, 6) is 0.467. The number of carbonyl (C=O) groups is 1. The first-order chi connectivity index (χ1) is 13.6. The predicted octanol–water partition coefficient (Wildman–Crippen LogP) is 4.87. The first-order valence-corrected chi connectivity index (χ1v) is 9.34. The van der Waals surface area contributed by atoms with E-state index < -0.39 is 12.0 Å². The van der Waals surface area contributed by atoms with Gasteiger partial charge in [0.15, 0.2) is 0 Å². The van der Waals surface area contributed by atoms with Gasteiger partial charge in [0, 0.05) is 34.1 Å². The number of hydrogen-bond donors (Lipinski definition) is 3. The van der Waals surface area contributed by atoms with Crippen molar-refractivity contribution in [3.05, 3.63) is 83.2 Å². The van der Waals surface area contributed by atoms with Crippen LogP contribution < -0.4 is 5.32 Å². The summed E-state index contributed by atoms with van der Waals surface area (Å²) >= 11 is 6.03. The number of hydrogen-bond acceptors (Lipinski definition) is 3. The molecule has 0 aliphatic heterocycles. The molecule has 28 heavy (non-hydrogen) atoms. The maximum Gasteiger partial charge on any atom is 0.321 e. The number of fused-ring (bicyclic) bond motifs is 1. The van der Waals surface area contributed by atoms with Gasteiger partial charge in [0.1, 0.15) is 17.6 Å². The van der Waals surface area contributed by atoms with Crippen LogP contribution in [0.2, 0.25) is 5.02 Å². The van der Waals surface area contributed by atoms with Crippen LogP contribution in [0.15, 0.2) is 71.3 Å². The van der Waals surface area contributed by atoms with Gasteiger partial charge in [-0.2, -0.15) is 0 Å². The molecule has 0 aliphatic carbocycles. The number of halogens is 1. The molecule has 0 amide bonds. The molecule has 5 nitrogen and oxygen atoms in total. The van der Waals surface area contributed by atoms with Crippen LogP contribution in [-0.2, 0) is 17.8 Å². The van der Waals surface area contributed by atoms with E-state index >= 15 is 0 Å². The number of H-pyrrole nitrogens is 1. The Hall–Kier alpha value is -3.02. The molecule has 0 bridgehead atoms. The lowest BCUT2D eigenvalue weighted by molar-refractivity contribution is -0.139. The molecule has 6 heteroatoms. The molecule has 2 aromatic carbocycles. The number of aliphatic carboxylic acids is 1. The van der Waals surface area contributed by atoms with Gasteiger partial charge in [-0.05, 0) is 35.9 Å². The van der Waals surface area contributed by atoms with Crippen molar-refractivity contribution in [3.8, 4) is 11.3 Å². The topological polar surface area (TPSA) is 78.3 Å². The van der Waals surface area contributed by atoms with Gasteiger partial charge in [-0.15, -0.1) is 0 Å². The highest BCUT2D eigenvalue weighted by Crippen LogP contribution is 2.25. The first kappa shape index (κ1) is 18.3. The van der Waals surface area contributed by atoms with Gasteiger partial charge < -0.3 is 14.5 Å². The Morgan fingerprint density at radius 1 is 1.14 bits per heavy atom. The standard InChI is InChI=1S/C22H19ClN2O3/c23-16-5-3-4-14(10-16)21-9-8-17(28-21)13-25-20(22(26)27)11-15-12-24-19-7-2-1-6-18(15)19/h1-10,12,20,24-25H,11,13H2,(H,26,27). The van der Waals surface area contributed by atoms with Crippen molar-refractivity contribution in [1.82, 2.24) is 10.3 Å². The van der Waals surface area contributed by atoms with Crippen molar-refractivity contribution in [2.45, 2.75) is 19.0 Å². The summed E-state index contributed by atoms with van der Waals surface area (Å²) in [4.78, 5) is 14.9. The van der Waals surface area contributed by atoms with Crippen LogP contribution in [0.4, 0.5) is 0 Å². The predicted molar refractivity (Wildman–Crippen MR) is 109 cm³/mol. The third kappa shape index (κ3) is 3.96. The van der Waals surface area contributed by atoms with E-state index in [1.165, 1.54) is 0 Å². The molecule has 4 rings (SSSR count). The lowest BCUT2D eigenvalue weighted by atomic mass is 10.0. The quantitative estimate of drug-likeness (QED) is 0.418. The zero-order valence-electron chi connectivity index (χ0n) is 15.0. The van der Waals surface area contributed by atoms with Gasteiger partial charge >= 0.3 is 5.97 Å². The minimum absolute atomic E-state index is 0.319. The Morgan fingerprint density at radius 2 is 2.00 bits per heavy atom. The van der Waals surface area contributed by atoms with Gasteiger partial charge in [-0.3, -0.25) is 10.1 Å². The number of furan rings is 1. The fourth-order valence-corrected chi connectivity index (χ4v) is 3.45. The molecule has 2 aromatic heterocycles. The van der Waals surface area contributed by atoms with Crippen LogP contribution >= 0.6 is 11.6 Å². The summed E-state index contributed by atoms with van der Waals surface area (Å²) in [6.07, 6.45) is 2.24. The van der Waals surface area contributed by atoms with Crippen LogP contribution in [0.1, 0.15) is 11.3 Å². The molecule has 0 spiro atoms. The maximum atomic E-state index is 11.7. The maximum absolute atomic E-state index is 11.7. The molecular formula is C22H19ClN2O3. The number of nitrogens with one attached hydrogen (secondary N) is 2. The summed E-state index contributed by atoms with van der Waals surface area (Å²) in [5, 5.41) is 14.4. The summed E-state index contributed by atoms with van der Waals surface area (Å²) in [6.45, 7) is 0.319. The molecule has 142 valence electrons. The molecule has 2 heterocycles. The van der Waals surface area contributed by atoms with Crippen LogP contribution in [0.25, 0.3) is 22.2 Å². The number of rotatable bonds is 7. The van der Waals surface area contributed by atoms with Crippen molar-refractivity contribution < 1.29 is 14.3 Å². The number of aromatic amines is 1. The summed E-state index contributed by atoms with van der Waals surface area (Å²) in [5.41, 5.74) is 2.85. The average molecular weight is 395 g/mol. The van der Waals surface area contributed by atoms with E-state index in [2.05, 4.69) is 10.3 Å². The van der Waals surface area contributed by atoms with Crippen LogP contribution in [-0.4, -0.2) is 22.1 Å². The molecule has 0 saturated heterocycles. The SMILES string of the molecule is O=C(O)C(Cc1c[nH]c2ccccc12)NCc1ccc(-c2cccc(Cl)c2)o1. The molecular weight excluding hydrogens is 376 g/mol. The number of carboxylic acids is 1. The summed E-state index contributed by atoms with van der Waals surface area (Å²) in [7, 11) is 0. The lowest BCUT2D eigenvalue weighted by Crippen LogP contribution is -2.37. The van der Waals surface area contributed by atoms with E-state index in [-0.39, 0.29) is 0 Å². The van der Waals surface area contributed by atoms with Crippen molar-refractivity contribution >= 4 is 28.5 Å². The zero-order chi connectivity index (χ0) is 19.5. The van der Waals surface area contributed by atoms with Crippen LogP contribution in [0.5, 0.6) is 0 Å². The highest BCUT2D eigenvalue weighted by Gasteiger charge is 2.20. The lowest BCUT2D eigenvalue weighted by Gasteiger charge is -2.13. The van der Waals surface area contributed by atoms with Gasteiger partial charge in [-0.1, -0.05) is 41.9 Å². The normalized spacial score (nSPS) is 12.3. The van der Waals surface area contributed by atoms with Gasteiger partial charge in [0.2, 0.25) is 0 Å². The summed E-state index contributed by atoms with van der Waals surface area (Å²) in [6, 6.07) is 18.2. The minimum Gasteiger partial charge on any atom is -0.480 e. The highest BCUT2D eigenvalue weighted by molar-refractivity contribution is 6.30. The van der Waals surface area contributed by atoms with Crippen LogP contribution in [0.3, 0.4) is 0 Å². The molecule has 0 radical (unpaired) electrons. The largest absolute Gasteiger partial charge is 0.480 e. The van der Waals surface area contributed by atoms with Gasteiger partial charge in [-0.25, -0.2) is 0 Å². The fraction of sp³-hybridized carbons (Fsp3) is 0.136. The number of carboxylic acid groups (broad SMARTS) is 1. The molecule has 0 saturated carbocycles. The van der Waals surface area contributed by atoms with Crippen LogP contribution in [0, 0.1) is 0 Å². The van der Waals surface area contributed by atoms with Crippen molar-refractivity contribution in [3.63, 3.8) is 0 Å². The minimum atomic E-state index is -0.896. The van der Waals surface area contributed by atoms with Crippen molar-refractivity contribution in [2.24, 2.45) is 0 Å². The molecule has 3 N–H and O–H groups in total. The number of aromatic nitrogens is 1. The third-order valence-electron chi connectivity index (χ3n) is 4.69. The Bertz CT molecular complexity index is 1120.